The number of hydrogen-bond donors (Lipinski definition) is 1. The Labute approximate surface area is 145 Å². The first-order valence-electron chi connectivity index (χ1n) is 4.39. The van der Waals surface area contributed by atoms with Crippen LogP contribution in [0.4, 0.5) is 12.9 Å². The molecule has 0 saturated carbocycles. The van der Waals surface area contributed by atoms with Crippen molar-refractivity contribution in [1.29, 1.82) is 0 Å². The molecule has 0 aliphatic rings. The van der Waals surface area contributed by atoms with E-state index in [9.17, 15) is 12.9 Å². The molecule has 0 aliphatic carbocycles. The summed E-state index contributed by atoms with van der Waals surface area (Å²) in [6, 6.07) is 1.99. The van der Waals surface area contributed by atoms with E-state index in [-0.39, 0.29) is 62.8 Å². The number of hydrogen-bond acceptors (Lipinski definition) is 2. The quantitative estimate of drug-likeness (QED) is 0.270. The summed E-state index contributed by atoms with van der Waals surface area (Å²) in [5.41, 5.74) is 8.36. The molecule has 1 rings (SSSR count). The molecule has 86 valence electrons. The van der Waals surface area contributed by atoms with Gasteiger partial charge in [-0.25, -0.2) is 0 Å². The van der Waals surface area contributed by atoms with Crippen LogP contribution in [0, 0.1) is 6.92 Å². The van der Waals surface area contributed by atoms with Gasteiger partial charge in [0.1, 0.15) is 0 Å². The van der Waals surface area contributed by atoms with Gasteiger partial charge in [0.2, 0.25) is 0 Å². The molecule has 1 aromatic rings. The van der Waals surface area contributed by atoms with Crippen molar-refractivity contribution in [2.24, 2.45) is 5.11 Å². The molecule has 9 heteroatoms. The average molecular weight is 285 g/mol. The van der Waals surface area contributed by atoms with E-state index in [1.54, 1.807) is 6.92 Å². The first kappa shape index (κ1) is 17.4. The molecule has 0 heterocycles. The third-order valence-electron chi connectivity index (χ3n) is 2.19. The topological polar surface area (TPSA) is 48.8 Å². The third kappa shape index (κ3) is 4.86. The molecule has 0 bridgehead atoms. The van der Waals surface area contributed by atoms with E-state index in [1.165, 1.54) is 0 Å². The van der Waals surface area contributed by atoms with E-state index >= 15 is 0 Å². The fraction of sp³-hybridized carbons (Fsp3) is 0.250. The summed E-state index contributed by atoms with van der Waals surface area (Å²) in [6.07, 6.45) is 0. The largest absolute Gasteiger partial charge is 1.00 e. The summed E-state index contributed by atoms with van der Waals surface area (Å²) >= 11 is 3.97. The van der Waals surface area contributed by atoms with Gasteiger partial charge in [0.15, 0.2) is 0 Å². The van der Waals surface area contributed by atoms with Crippen LogP contribution in [0.3, 0.4) is 0 Å². The van der Waals surface area contributed by atoms with Crippen LogP contribution in [0.15, 0.2) is 22.1 Å². The molecule has 0 spiro atoms. The predicted octanol–water partition coefficient (Wildman–Crippen LogP) is 0.152. The monoisotopic (exact) mass is 285 g/mol. The molecule has 0 unspecified atom stereocenters. The van der Waals surface area contributed by atoms with Gasteiger partial charge in [0, 0.05) is 9.81 Å². The zero-order chi connectivity index (χ0) is 12.3. The van der Waals surface area contributed by atoms with Crippen LogP contribution in [0.5, 0.6) is 0 Å². The second kappa shape index (κ2) is 7.08. The Bertz CT molecular complexity index is 460. The molecule has 1 aromatic carbocycles. The summed E-state index contributed by atoms with van der Waals surface area (Å²) in [7, 11) is 0. The van der Waals surface area contributed by atoms with Crippen LogP contribution < -0.4 is 56.8 Å². The molecule has 0 aliphatic heterocycles. The van der Waals surface area contributed by atoms with E-state index in [2.05, 4.69) is 22.7 Å². The standard InChI is InChI=1S/C8H8BF3N3S.K/c1-5-6(4-14-15-13)2-7(3-8(5)16)9(10,11)12;/h2-3,16H,4H2,1H3;/q-1;+1. The van der Waals surface area contributed by atoms with E-state index in [0.29, 0.717) is 11.1 Å². The van der Waals surface area contributed by atoms with Gasteiger partial charge in [-0.3, -0.25) is 0 Å². The number of azide groups is 1. The summed E-state index contributed by atoms with van der Waals surface area (Å²) in [5, 5.41) is 3.25. The number of benzene rings is 1. The Morgan fingerprint density at radius 1 is 1.41 bits per heavy atom. The first-order valence-corrected chi connectivity index (χ1v) is 4.84. The Hall–Kier alpha value is 0.371. The summed E-state index contributed by atoms with van der Waals surface area (Å²) in [6.45, 7) is -3.52. The SMILES string of the molecule is Cc1c(S)cc([B-](F)(F)F)cc1CN=[N+]=[N-].[K+]. The van der Waals surface area contributed by atoms with Gasteiger partial charge in [-0.05, 0) is 23.6 Å². The molecule has 0 amide bonds. The van der Waals surface area contributed by atoms with Crippen molar-refractivity contribution in [3.63, 3.8) is 0 Å². The summed E-state index contributed by atoms with van der Waals surface area (Å²) < 4.78 is 37.6. The van der Waals surface area contributed by atoms with E-state index in [4.69, 9.17) is 5.53 Å². The van der Waals surface area contributed by atoms with Crippen molar-refractivity contribution in [3.05, 3.63) is 33.7 Å². The van der Waals surface area contributed by atoms with Crippen LogP contribution in [0.1, 0.15) is 11.1 Å². The predicted molar refractivity (Wildman–Crippen MR) is 60.0 cm³/mol. The fourth-order valence-electron chi connectivity index (χ4n) is 1.24. The van der Waals surface area contributed by atoms with E-state index < -0.39 is 12.4 Å². The molecule has 17 heavy (non-hydrogen) atoms. The molecular formula is C8H8BF3KN3S. The van der Waals surface area contributed by atoms with Crippen LogP contribution in [-0.4, -0.2) is 6.98 Å². The van der Waals surface area contributed by atoms with Crippen LogP contribution in [-0.2, 0) is 6.54 Å². The molecule has 0 fully saturated rings. The van der Waals surface area contributed by atoms with Gasteiger partial charge in [0.25, 0.3) is 0 Å². The van der Waals surface area contributed by atoms with E-state index in [0.717, 1.165) is 12.1 Å². The zero-order valence-electron chi connectivity index (χ0n) is 9.36. The molecule has 0 atom stereocenters. The van der Waals surface area contributed by atoms with Gasteiger partial charge < -0.3 is 12.9 Å². The van der Waals surface area contributed by atoms with Crippen molar-refractivity contribution in [1.82, 2.24) is 0 Å². The van der Waals surface area contributed by atoms with Crippen molar-refractivity contribution in [2.45, 2.75) is 18.4 Å². The Balaban J connectivity index is 0.00000256. The number of rotatable bonds is 3. The second-order valence-corrected chi connectivity index (χ2v) is 3.77. The number of thiol groups is 1. The molecular weight excluding hydrogens is 277 g/mol. The summed E-state index contributed by atoms with van der Waals surface area (Å²) in [4.78, 5) is 2.77. The van der Waals surface area contributed by atoms with Crippen molar-refractivity contribution >= 4 is 25.1 Å². The maximum Gasteiger partial charge on any atom is 1.00 e. The third-order valence-corrected chi connectivity index (χ3v) is 2.66. The Morgan fingerprint density at radius 3 is 2.47 bits per heavy atom. The maximum absolute atomic E-state index is 12.5. The van der Waals surface area contributed by atoms with Crippen molar-refractivity contribution in [2.75, 3.05) is 0 Å². The minimum Gasteiger partial charge on any atom is -0.445 e. The van der Waals surface area contributed by atoms with Crippen LogP contribution in [0.2, 0.25) is 0 Å². The van der Waals surface area contributed by atoms with Gasteiger partial charge in [-0.1, -0.05) is 17.2 Å². The molecule has 0 aromatic heterocycles. The zero-order valence-corrected chi connectivity index (χ0v) is 13.4. The molecule has 3 nitrogen and oxygen atoms in total. The normalized spacial score (nSPS) is 10.4. The van der Waals surface area contributed by atoms with Gasteiger partial charge in [0.05, 0.1) is 6.54 Å². The smallest absolute Gasteiger partial charge is 0.445 e. The fourth-order valence-corrected chi connectivity index (χ4v) is 1.54. The van der Waals surface area contributed by atoms with Gasteiger partial charge in [-0.2, -0.15) is 0 Å². The Morgan fingerprint density at radius 2 is 2.00 bits per heavy atom. The average Bonchev–Trinajstić information content (AvgIpc) is 2.18. The maximum atomic E-state index is 12.5. The van der Waals surface area contributed by atoms with E-state index in [1.807, 2.05) is 0 Å². The van der Waals surface area contributed by atoms with Gasteiger partial charge in [-0.15, -0.1) is 18.1 Å². The van der Waals surface area contributed by atoms with Crippen molar-refractivity contribution < 1.29 is 64.3 Å². The van der Waals surface area contributed by atoms with Crippen molar-refractivity contribution in [3.8, 4) is 0 Å². The first-order chi connectivity index (χ1) is 7.36. The number of nitrogens with zero attached hydrogens (tertiary/aromatic N) is 3. The Kier molecular flexibility index (Phi) is 7.24. The minimum atomic E-state index is -5.06. The number of halogens is 3. The minimum absolute atomic E-state index is 0. The van der Waals surface area contributed by atoms with Crippen LogP contribution in [0.25, 0.3) is 10.4 Å². The summed E-state index contributed by atoms with van der Waals surface area (Å²) in [5.74, 6) is 0. The molecule has 0 radical (unpaired) electrons. The molecule has 0 N–H and O–H groups in total. The molecule has 0 saturated heterocycles. The second-order valence-electron chi connectivity index (χ2n) is 3.29. The van der Waals surface area contributed by atoms with Crippen LogP contribution >= 0.6 is 12.6 Å². The van der Waals surface area contributed by atoms with Gasteiger partial charge >= 0.3 is 58.4 Å².